The number of anilines is 1. The number of carbonyl (C=O) groups excluding carboxylic acids is 1. The summed E-state index contributed by atoms with van der Waals surface area (Å²) in [5.74, 6) is 0.605. The lowest BCUT2D eigenvalue weighted by Gasteiger charge is -2.13. The van der Waals surface area contributed by atoms with Crippen molar-refractivity contribution in [3.8, 4) is 17.4 Å². The van der Waals surface area contributed by atoms with E-state index in [0.29, 0.717) is 17.9 Å². The van der Waals surface area contributed by atoms with E-state index in [2.05, 4.69) is 6.07 Å². The number of hydrogen-bond donors (Lipinski definition) is 1. The molecule has 0 spiro atoms. The van der Waals surface area contributed by atoms with Crippen LogP contribution in [0.1, 0.15) is 12.0 Å². The smallest absolute Gasteiger partial charge is 0.229 e. The molecule has 0 bridgehead atoms. The average molecular weight is 282 g/mol. The molecule has 1 atom stereocenters. The maximum absolute atomic E-state index is 12.0. The normalized spacial score (nSPS) is 18.0. The fourth-order valence-electron chi connectivity index (χ4n) is 2.51. The molecule has 1 saturated heterocycles. The molecule has 2 aromatic rings. The van der Waals surface area contributed by atoms with Crippen LogP contribution in [-0.4, -0.2) is 24.2 Å². The van der Waals surface area contributed by atoms with Crippen LogP contribution in [0.25, 0.3) is 11.3 Å². The van der Waals surface area contributed by atoms with Gasteiger partial charge in [0.1, 0.15) is 17.4 Å². The van der Waals surface area contributed by atoms with Crippen molar-refractivity contribution in [3.05, 3.63) is 42.0 Å². The largest absolute Gasteiger partial charge is 0.439 e. The molecule has 1 amide bonds. The highest BCUT2D eigenvalue weighted by Crippen LogP contribution is 2.34. The SMILES string of the molecule is N#Cc1cc(-c2ccccc2)oc1N1CC(CO)CC1=O. The second kappa shape index (κ2) is 5.43. The zero-order valence-electron chi connectivity index (χ0n) is 11.3. The Morgan fingerprint density at radius 2 is 2.14 bits per heavy atom. The first-order chi connectivity index (χ1) is 10.2. The topological polar surface area (TPSA) is 77.5 Å². The van der Waals surface area contributed by atoms with E-state index < -0.39 is 0 Å². The standard InChI is InChI=1S/C16H14N2O3/c17-8-13-7-14(12-4-2-1-3-5-12)21-16(13)18-9-11(10-19)6-15(18)20/h1-5,7,11,19H,6,9-10H2. The van der Waals surface area contributed by atoms with Crippen LogP contribution in [-0.2, 0) is 4.79 Å². The zero-order valence-corrected chi connectivity index (χ0v) is 11.3. The van der Waals surface area contributed by atoms with E-state index in [1.54, 1.807) is 6.07 Å². The Morgan fingerprint density at radius 3 is 2.76 bits per heavy atom. The Balaban J connectivity index is 1.98. The van der Waals surface area contributed by atoms with Gasteiger partial charge in [0.25, 0.3) is 0 Å². The molecule has 1 aromatic carbocycles. The highest BCUT2D eigenvalue weighted by molar-refractivity contribution is 5.96. The van der Waals surface area contributed by atoms with Crippen molar-refractivity contribution in [2.75, 3.05) is 18.1 Å². The molecule has 1 unspecified atom stereocenters. The van der Waals surface area contributed by atoms with Gasteiger partial charge in [-0.1, -0.05) is 30.3 Å². The minimum atomic E-state index is -0.125. The van der Waals surface area contributed by atoms with Gasteiger partial charge < -0.3 is 9.52 Å². The Kier molecular flexibility index (Phi) is 3.46. The highest BCUT2D eigenvalue weighted by atomic mass is 16.4. The number of furan rings is 1. The number of aliphatic hydroxyl groups is 1. The van der Waals surface area contributed by atoms with Crippen LogP contribution in [0.5, 0.6) is 0 Å². The molecule has 3 rings (SSSR count). The summed E-state index contributed by atoms with van der Waals surface area (Å²) in [4.78, 5) is 13.5. The number of hydrogen-bond acceptors (Lipinski definition) is 4. The monoisotopic (exact) mass is 282 g/mol. The number of rotatable bonds is 3. The maximum Gasteiger partial charge on any atom is 0.229 e. The number of amides is 1. The lowest BCUT2D eigenvalue weighted by atomic mass is 10.1. The second-order valence-corrected chi connectivity index (χ2v) is 5.06. The molecule has 1 aliphatic rings. The van der Waals surface area contributed by atoms with Crippen LogP contribution in [0.2, 0.25) is 0 Å². The van der Waals surface area contributed by atoms with Crippen molar-refractivity contribution in [2.24, 2.45) is 5.92 Å². The highest BCUT2D eigenvalue weighted by Gasteiger charge is 2.33. The van der Waals surface area contributed by atoms with E-state index in [0.717, 1.165) is 5.56 Å². The first-order valence-electron chi connectivity index (χ1n) is 6.73. The molecule has 1 fully saturated rings. The van der Waals surface area contributed by atoms with Crippen molar-refractivity contribution in [3.63, 3.8) is 0 Å². The fourth-order valence-corrected chi connectivity index (χ4v) is 2.51. The van der Waals surface area contributed by atoms with Gasteiger partial charge in [0.05, 0.1) is 0 Å². The average Bonchev–Trinajstić information content (AvgIpc) is 3.11. The summed E-state index contributed by atoms with van der Waals surface area (Å²) < 4.78 is 5.74. The summed E-state index contributed by atoms with van der Waals surface area (Å²) in [5.41, 5.74) is 1.19. The van der Waals surface area contributed by atoms with E-state index in [1.807, 2.05) is 30.3 Å². The first-order valence-corrected chi connectivity index (χ1v) is 6.73. The molecular formula is C16H14N2O3. The van der Waals surface area contributed by atoms with Gasteiger partial charge in [-0.2, -0.15) is 5.26 Å². The molecule has 1 aliphatic heterocycles. The number of carbonyl (C=O) groups is 1. The summed E-state index contributed by atoms with van der Waals surface area (Å²) in [6.07, 6.45) is 0.280. The van der Waals surface area contributed by atoms with Crippen LogP contribution in [0.4, 0.5) is 5.88 Å². The molecule has 0 saturated carbocycles. The summed E-state index contributed by atoms with van der Waals surface area (Å²) >= 11 is 0. The van der Waals surface area contributed by atoms with Crippen LogP contribution < -0.4 is 4.90 Å². The molecular weight excluding hydrogens is 268 g/mol. The molecule has 0 radical (unpaired) electrons. The van der Waals surface area contributed by atoms with Gasteiger partial charge in [0, 0.05) is 37.1 Å². The molecule has 5 nitrogen and oxygen atoms in total. The van der Waals surface area contributed by atoms with Crippen molar-refractivity contribution < 1.29 is 14.3 Å². The maximum atomic E-state index is 12.0. The van der Waals surface area contributed by atoms with E-state index in [9.17, 15) is 15.2 Å². The van der Waals surface area contributed by atoms with Crippen LogP contribution in [0, 0.1) is 17.2 Å². The zero-order chi connectivity index (χ0) is 14.8. The van der Waals surface area contributed by atoms with E-state index in [-0.39, 0.29) is 30.7 Å². The Hall–Kier alpha value is -2.58. The second-order valence-electron chi connectivity index (χ2n) is 5.06. The van der Waals surface area contributed by atoms with Gasteiger partial charge in [-0.25, -0.2) is 0 Å². The van der Waals surface area contributed by atoms with Gasteiger partial charge >= 0.3 is 0 Å². The Bertz CT molecular complexity index is 700. The predicted octanol–water partition coefficient (Wildman–Crippen LogP) is 2.16. The molecule has 0 aliphatic carbocycles. The lowest BCUT2D eigenvalue weighted by Crippen LogP contribution is -2.25. The Morgan fingerprint density at radius 1 is 1.38 bits per heavy atom. The van der Waals surface area contributed by atoms with E-state index in [1.165, 1.54) is 4.90 Å². The number of aliphatic hydroxyl groups excluding tert-OH is 1. The molecule has 106 valence electrons. The first kappa shape index (κ1) is 13.4. The van der Waals surface area contributed by atoms with E-state index in [4.69, 9.17) is 4.42 Å². The number of nitrogens with zero attached hydrogens (tertiary/aromatic N) is 2. The molecule has 1 N–H and O–H groups in total. The van der Waals surface area contributed by atoms with Crippen LogP contribution in [0.3, 0.4) is 0 Å². The number of nitriles is 1. The third kappa shape index (κ3) is 2.41. The third-order valence-electron chi connectivity index (χ3n) is 3.60. The van der Waals surface area contributed by atoms with Gasteiger partial charge in [-0.05, 0) is 0 Å². The third-order valence-corrected chi connectivity index (χ3v) is 3.60. The van der Waals surface area contributed by atoms with E-state index >= 15 is 0 Å². The summed E-state index contributed by atoms with van der Waals surface area (Å²) in [6.45, 7) is 0.335. The summed E-state index contributed by atoms with van der Waals surface area (Å²) in [6, 6.07) is 13.1. The van der Waals surface area contributed by atoms with Crippen molar-refractivity contribution in [1.29, 1.82) is 5.26 Å². The van der Waals surface area contributed by atoms with Crippen molar-refractivity contribution in [1.82, 2.24) is 0 Å². The summed E-state index contributed by atoms with van der Waals surface area (Å²) in [7, 11) is 0. The quantitative estimate of drug-likeness (QED) is 0.935. The molecule has 1 aromatic heterocycles. The lowest BCUT2D eigenvalue weighted by molar-refractivity contribution is -0.117. The minimum Gasteiger partial charge on any atom is -0.439 e. The van der Waals surface area contributed by atoms with Crippen molar-refractivity contribution in [2.45, 2.75) is 6.42 Å². The number of benzene rings is 1. The minimum absolute atomic E-state index is 0.0453. The van der Waals surface area contributed by atoms with Gasteiger partial charge in [0.15, 0.2) is 0 Å². The van der Waals surface area contributed by atoms with Crippen LogP contribution in [0.15, 0.2) is 40.8 Å². The van der Waals surface area contributed by atoms with Gasteiger partial charge in [-0.15, -0.1) is 0 Å². The molecule has 5 heteroatoms. The molecule has 21 heavy (non-hydrogen) atoms. The van der Waals surface area contributed by atoms with Crippen LogP contribution >= 0.6 is 0 Å². The predicted molar refractivity (Wildman–Crippen MR) is 76.4 cm³/mol. The van der Waals surface area contributed by atoms with Gasteiger partial charge in [0.2, 0.25) is 11.8 Å². The van der Waals surface area contributed by atoms with Crippen molar-refractivity contribution >= 4 is 11.8 Å². The Labute approximate surface area is 122 Å². The summed E-state index contributed by atoms with van der Waals surface area (Å²) in [5, 5.41) is 18.4. The van der Waals surface area contributed by atoms with Gasteiger partial charge in [-0.3, -0.25) is 9.69 Å². The fraction of sp³-hybridized carbons (Fsp3) is 0.250. The molecule has 2 heterocycles.